The van der Waals surface area contributed by atoms with Crippen LogP contribution in [-0.2, 0) is 0 Å². The van der Waals surface area contributed by atoms with Crippen molar-refractivity contribution in [2.75, 3.05) is 6.54 Å². The molecule has 0 aliphatic carbocycles. The molecule has 3 N–H and O–H groups in total. The molecule has 0 atom stereocenters. The molecule has 1 aromatic carbocycles. The molecule has 0 aliphatic heterocycles. The van der Waals surface area contributed by atoms with Gasteiger partial charge >= 0.3 is 0 Å². The van der Waals surface area contributed by atoms with Crippen LogP contribution in [0.2, 0.25) is 0 Å². The van der Waals surface area contributed by atoms with Crippen LogP contribution in [0.1, 0.15) is 5.56 Å². The average Bonchev–Trinajstić information content (AvgIpc) is 2.02. The van der Waals surface area contributed by atoms with Gasteiger partial charge < -0.3 is 10.8 Å². The molecule has 4 heteroatoms. The van der Waals surface area contributed by atoms with Gasteiger partial charge in [-0.15, -0.1) is 0 Å². The third-order valence-corrected chi connectivity index (χ3v) is 1.48. The van der Waals surface area contributed by atoms with Gasteiger partial charge in [0.25, 0.3) is 0 Å². The van der Waals surface area contributed by atoms with Crippen LogP contribution in [0.4, 0.5) is 8.78 Å². The molecular weight excluding hydrogens is 176 g/mol. The zero-order chi connectivity index (χ0) is 9.84. The number of halogens is 2. The minimum atomic E-state index is -0.804. The highest BCUT2D eigenvalue weighted by molar-refractivity contribution is 5.52. The van der Waals surface area contributed by atoms with E-state index in [0.717, 1.165) is 12.1 Å². The molecule has 13 heavy (non-hydrogen) atoms. The van der Waals surface area contributed by atoms with Crippen LogP contribution in [0.15, 0.2) is 18.2 Å². The van der Waals surface area contributed by atoms with Crippen molar-refractivity contribution in [2.45, 2.75) is 0 Å². The third kappa shape index (κ3) is 2.26. The van der Waals surface area contributed by atoms with E-state index in [1.54, 1.807) is 0 Å². The number of hydrogen-bond donors (Lipinski definition) is 2. The van der Waals surface area contributed by atoms with E-state index in [1.165, 1.54) is 12.2 Å². The summed E-state index contributed by atoms with van der Waals surface area (Å²) in [6.45, 7) is 0.208. The summed E-state index contributed by atoms with van der Waals surface area (Å²) in [7, 11) is 0. The van der Waals surface area contributed by atoms with Crippen molar-refractivity contribution in [3.05, 3.63) is 35.4 Å². The summed E-state index contributed by atoms with van der Waals surface area (Å²) in [4.78, 5) is 0. The Bertz CT molecular complexity index is 313. The number of aromatic hydroxyl groups is 1. The van der Waals surface area contributed by atoms with Gasteiger partial charge in [0.2, 0.25) is 0 Å². The lowest BCUT2D eigenvalue weighted by atomic mass is 10.1. The second kappa shape index (κ2) is 4.00. The minimum absolute atomic E-state index is 0.191. The van der Waals surface area contributed by atoms with Crippen LogP contribution in [0.25, 0.3) is 6.08 Å². The number of phenolic OH excluding ortho intramolecular Hbond substituents is 1. The standard InChI is InChI=1S/C9H9F2NO/c10-8-4-6(13)5-9(11)7(8)2-1-3-12/h1-2,4-5,13H,3,12H2. The highest BCUT2D eigenvalue weighted by atomic mass is 19.1. The Hall–Kier alpha value is -1.42. The maximum Gasteiger partial charge on any atom is 0.137 e. The normalized spacial score (nSPS) is 11.0. The number of nitrogens with two attached hydrogens (primary N) is 1. The highest BCUT2D eigenvalue weighted by Crippen LogP contribution is 2.20. The quantitative estimate of drug-likeness (QED) is 0.735. The van der Waals surface area contributed by atoms with E-state index in [4.69, 9.17) is 10.8 Å². The molecule has 1 aromatic rings. The van der Waals surface area contributed by atoms with Gasteiger partial charge in [0, 0.05) is 24.2 Å². The summed E-state index contributed by atoms with van der Waals surface area (Å²) in [5, 5.41) is 8.81. The van der Waals surface area contributed by atoms with E-state index >= 15 is 0 Å². The van der Waals surface area contributed by atoms with Crippen LogP contribution in [0, 0.1) is 11.6 Å². The smallest absolute Gasteiger partial charge is 0.137 e. The van der Waals surface area contributed by atoms with Gasteiger partial charge in [0.1, 0.15) is 17.4 Å². The second-order valence-corrected chi connectivity index (χ2v) is 2.46. The first-order valence-corrected chi connectivity index (χ1v) is 3.69. The van der Waals surface area contributed by atoms with Gasteiger partial charge in [0.15, 0.2) is 0 Å². The Labute approximate surface area is 74.3 Å². The maximum absolute atomic E-state index is 12.9. The lowest BCUT2D eigenvalue weighted by molar-refractivity contribution is 0.460. The number of rotatable bonds is 2. The zero-order valence-corrected chi connectivity index (χ0v) is 6.80. The lowest BCUT2D eigenvalue weighted by Gasteiger charge is -1.99. The first-order chi connectivity index (χ1) is 6.15. The molecule has 0 bridgehead atoms. The van der Waals surface area contributed by atoms with Crippen LogP contribution in [-0.4, -0.2) is 11.7 Å². The van der Waals surface area contributed by atoms with E-state index in [1.807, 2.05) is 0 Å². The monoisotopic (exact) mass is 185 g/mol. The van der Waals surface area contributed by atoms with E-state index < -0.39 is 17.4 Å². The van der Waals surface area contributed by atoms with Crippen molar-refractivity contribution in [2.24, 2.45) is 5.73 Å². The minimum Gasteiger partial charge on any atom is -0.508 e. The fourth-order valence-corrected chi connectivity index (χ4v) is 0.916. The van der Waals surface area contributed by atoms with Gasteiger partial charge in [0.05, 0.1) is 0 Å². The Kier molecular flexibility index (Phi) is 2.97. The van der Waals surface area contributed by atoms with Gasteiger partial charge in [-0.05, 0) is 0 Å². The van der Waals surface area contributed by atoms with Crippen molar-refractivity contribution in [3.8, 4) is 5.75 Å². The summed E-state index contributed by atoms with van der Waals surface area (Å²) in [6, 6.07) is 1.69. The molecular formula is C9H9F2NO. The summed E-state index contributed by atoms with van der Waals surface area (Å²) in [5.74, 6) is -2.04. The second-order valence-electron chi connectivity index (χ2n) is 2.46. The van der Waals surface area contributed by atoms with E-state index in [2.05, 4.69) is 0 Å². The number of benzene rings is 1. The summed E-state index contributed by atoms with van der Waals surface area (Å²) in [5.41, 5.74) is 4.93. The summed E-state index contributed by atoms with van der Waals surface area (Å²) in [6.07, 6.45) is 2.67. The van der Waals surface area contributed by atoms with Crippen LogP contribution in [0.5, 0.6) is 5.75 Å². The van der Waals surface area contributed by atoms with E-state index in [0.29, 0.717) is 0 Å². The predicted octanol–water partition coefficient (Wildman–Crippen LogP) is 1.64. The first kappa shape index (κ1) is 9.67. The molecule has 0 heterocycles. The zero-order valence-electron chi connectivity index (χ0n) is 6.80. The molecule has 0 amide bonds. The van der Waals surface area contributed by atoms with Crippen molar-refractivity contribution in [3.63, 3.8) is 0 Å². The molecule has 70 valence electrons. The number of phenols is 1. The lowest BCUT2D eigenvalue weighted by Crippen LogP contribution is -1.94. The maximum atomic E-state index is 12.9. The fraction of sp³-hybridized carbons (Fsp3) is 0.111. The molecule has 0 fully saturated rings. The van der Waals surface area contributed by atoms with Gasteiger partial charge in [-0.2, -0.15) is 0 Å². The van der Waals surface area contributed by atoms with Gasteiger partial charge in [-0.1, -0.05) is 12.2 Å². The molecule has 0 aromatic heterocycles. The summed E-state index contributed by atoms with van der Waals surface area (Å²) >= 11 is 0. The Balaban J connectivity index is 3.13. The topological polar surface area (TPSA) is 46.2 Å². The Morgan fingerprint density at radius 1 is 1.31 bits per heavy atom. The molecule has 0 saturated heterocycles. The van der Waals surface area contributed by atoms with Crippen LogP contribution < -0.4 is 5.73 Å². The molecule has 0 spiro atoms. The van der Waals surface area contributed by atoms with Crippen molar-refractivity contribution in [1.82, 2.24) is 0 Å². The molecule has 0 radical (unpaired) electrons. The average molecular weight is 185 g/mol. The van der Waals surface area contributed by atoms with Gasteiger partial charge in [-0.25, -0.2) is 8.78 Å². The van der Waals surface area contributed by atoms with Crippen molar-refractivity contribution in [1.29, 1.82) is 0 Å². The Morgan fingerprint density at radius 3 is 2.31 bits per heavy atom. The molecule has 2 nitrogen and oxygen atoms in total. The van der Waals surface area contributed by atoms with Crippen molar-refractivity contribution >= 4 is 6.08 Å². The van der Waals surface area contributed by atoms with E-state index in [-0.39, 0.29) is 12.1 Å². The van der Waals surface area contributed by atoms with Crippen LogP contribution in [0.3, 0.4) is 0 Å². The third-order valence-electron chi connectivity index (χ3n) is 1.48. The SMILES string of the molecule is NCC=Cc1c(F)cc(O)cc1F. The predicted molar refractivity (Wildman–Crippen MR) is 46.1 cm³/mol. The Morgan fingerprint density at radius 2 is 1.85 bits per heavy atom. The van der Waals surface area contributed by atoms with E-state index in [9.17, 15) is 8.78 Å². The molecule has 0 saturated carbocycles. The molecule has 0 aliphatic rings. The first-order valence-electron chi connectivity index (χ1n) is 3.69. The highest BCUT2D eigenvalue weighted by Gasteiger charge is 2.07. The fourth-order valence-electron chi connectivity index (χ4n) is 0.916. The largest absolute Gasteiger partial charge is 0.508 e. The van der Waals surface area contributed by atoms with Gasteiger partial charge in [-0.3, -0.25) is 0 Å². The molecule has 1 rings (SSSR count). The number of hydrogen-bond acceptors (Lipinski definition) is 2. The summed E-state index contributed by atoms with van der Waals surface area (Å²) < 4.78 is 25.9. The molecule has 0 unspecified atom stereocenters. The van der Waals surface area contributed by atoms with Crippen molar-refractivity contribution < 1.29 is 13.9 Å². The van der Waals surface area contributed by atoms with Crippen LogP contribution >= 0.6 is 0 Å².